The normalized spacial score (nSPS) is 28.2. The SMILES string of the molecule is COC(=O)C1=COC(C)C2C[NH+]3CC=c4c([n-]c5cc(OC)ccc45)=C3CC12. The van der Waals surface area contributed by atoms with Crippen LogP contribution in [0, 0.1) is 11.8 Å². The number of methoxy groups -OCH3 is 2. The second kappa shape index (κ2) is 6.41. The first-order valence-corrected chi connectivity index (χ1v) is 9.73. The van der Waals surface area contributed by atoms with Gasteiger partial charge in [-0.25, -0.2) is 4.79 Å². The number of carbonyl (C=O) groups is 1. The van der Waals surface area contributed by atoms with E-state index in [1.807, 2.05) is 12.1 Å². The summed E-state index contributed by atoms with van der Waals surface area (Å²) in [4.78, 5) is 18.7. The minimum atomic E-state index is -0.293. The number of carbonyl (C=O) groups excluding carboxylic acids is 1. The van der Waals surface area contributed by atoms with Crippen molar-refractivity contribution in [2.45, 2.75) is 19.4 Å². The first-order chi connectivity index (χ1) is 13.6. The van der Waals surface area contributed by atoms with Gasteiger partial charge in [-0.2, -0.15) is 0 Å². The van der Waals surface area contributed by atoms with E-state index in [1.165, 1.54) is 22.9 Å². The zero-order valence-corrected chi connectivity index (χ0v) is 16.3. The minimum Gasteiger partial charge on any atom is -0.652 e. The van der Waals surface area contributed by atoms with Crippen molar-refractivity contribution in [1.29, 1.82) is 0 Å². The Morgan fingerprint density at radius 3 is 2.96 bits per heavy atom. The summed E-state index contributed by atoms with van der Waals surface area (Å²) < 4.78 is 16.2. The van der Waals surface area contributed by atoms with Crippen molar-refractivity contribution in [3.05, 3.63) is 40.6 Å². The number of piperidine rings is 1. The van der Waals surface area contributed by atoms with Crippen LogP contribution in [0.4, 0.5) is 0 Å². The van der Waals surface area contributed by atoms with Gasteiger partial charge in [0.1, 0.15) is 18.4 Å². The molecule has 6 heteroatoms. The van der Waals surface area contributed by atoms with Gasteiger partial charge in [-0.1, -0.05) is 11.4 Å². The zero-order valence-electron chi connectivity index (χ0n) is 16.3. The van der Waals surface area contributed by atoms with Gasteiger partial charge in [0.15, 0.2) is 0 Å². The molecule has 3 aliphatic rings. The molecule has 0 aliphatic carbocycles. The molecule has 1 aromatic carbocycles. The van der Waals surface area contributed by atoms with E-state index in [0.717, 1.165) is 41.5 Å². The summed E-state index contributed by atoms with van der Waals surface area (Å²) >= 11 is 0. The van der Waals surface area contributed by atoms with Gasteiger partial charge in [-0.3, -0.25) is 0 Å². The fraction of sp³-hybridized carbons (Fsp3) is 0.409. The molecule has 1 fully saturated rings. The Hall–Kier alpha value is -2.73. The molecule has 3 aliphatic heterocycles. The van der Waals surface area contributed by atoms with Crippen LogP contribution in [0.15, 0.2) is 30.0 Å². The van der Waals surface area contributed by atoms with Gasteiger partial charge in [0.2, 0.25) is 0 Å². The maximum Gasteiger partial charge on any atom is 0.337 e. The van der Waals surface area contributed by atoms with E-state index >= 15 is 0 Å². The molecule has 1 saturated heterocycles. The molecular weight excluding hydrogens is 356 g/mol. The zero-order chi connectivity index (χ0) is 19.4. The summed E-state index contributed by atoms with van der Waals surface area (Å²) in [6, 6.07) is 6.06. The summed E-state index contributed by atoms with van der Waals surface area (Å²) in [5, 5.41) is 3.43. The van der Waals surface area contributed by atoms with Crippen molar-refractivity contribution in [3.63, 3.8) is 0 Å². The van der Waals surface area contributed by atoms with E-state index in [1.54, 1.807) is 13.4 Å². The molecule has 1 N–H and O–H groups in total. The van der Waals surface area contributed by atoms with E-state index in [0.29, 0.717) is 5.57 Å². The van der Waals surface area contributed by atoms with Crippen LogP contribution in [-0.2, 0) is 14.3 Å². The third kappa shape index (κ3) is 2.48. The van der Waals surface area contributed by atoms with Crippen LogP contribution < -0.4 is 25.2 Å². The quantitative estimate of drug-likeness (QED) is 0.726. The largest absolute Gasteiger partial charge is 0.652 e. The molecule has 6 nitrogen and oxygen atoms in total. The van der Waals surface area contributed by atoms with Crippen LogP contribution in [0.1, 0.15) is 13.3 Å². The Morgan fingerprint density at radius 1 is 1.32 bits per heavy atom. The van der Waals surface area contributed by atoms with E-state index in [4.69, 9.17) is 19.2 Å². The van der Waals surface area contributed by atoms with Crippen LogP contribution in [0.2, 0.25) is 0 Å². The summed E-state index contributed by atoms with van der Waals surface area (Å²) in [5.74, 6) is 0.917. The number of aromatic nitrogens is 1. The molecule has 28 heavy (non-hydrogen) atoms. The molecule has 146 valence electrons. The molecule has 4 unspecified atom stereocenters. The topological polar surface area (TPSA) is 63.3 Å². The number of nitrogens with zero attached hydrogens (tertiary/aromatic N) is 1. The lowest BCUT2D eigenvalue weighted by Gasteiger charge is -2.43. The summed E-state index contributed by atoms with van der Waals surface area (Å²) in [6.07, 6.45) is 4.79. The standard InChI is InChI=1S/C22H23N2O4/c1-12-17-10-24-7-6-15-14-5-4-13(26-2)8-19(14)23-21(15)20(24)9-16(17)18(11-28-12)22(25)27-3/h4-6,8,11-12,16-17H,7,9-10H2,1-3H3/q-1/p+1. The average molecular weight is 380 g/mol. The number of hydrogen-bond acceptors (Lipinski definition) is 4. The van der Waals surface area contributed by atoms with Crippen molar-refractivity contribution in [1.82, 2.24) is 4.98 Å². The van der Waals surface area contributed by atoms with Crippen LogP contribution in [0.3, 0.4) is 0 Å². The van der Waals surface area contributed by atoms with Crippen LogP contribution in [-0.4, -0.2) is 39.4 Å². The highest BCUT2D eigenvalue weighted by molar-refractivity contribution is 5.89. The van der Waals surface area contributed by atoms with Gasteiger partial charge in [-0.05, 0) is 35.7 Å². The second-order valence-electron chi connectivity index (χ2n) is 7.83. The second-order valence-corrected chi connectivity index (χ2v) is 7.83. The lowest BCUT2D eigenvalue weighted by molar-refractivity contribution is -0.830. The monoisotopic (exact) mass is 380 g/mol. The maximum absolute atomic E-state index is 12.3. The molecule has 4 heterocycles. The van der Waals surface area contributed by atoms with Crippen molar-refractivity contribution >= 4 is 28.6 Å². The number of esters is 1. The molecule has 0 saturated carbocycles. The van der Waals surface area contributed by atoms with E-state index < -0.39 is 0 Å². The fourth-order valence-electron chi connectivity index (χ4n) is 4.99. The molecule has 0 bridgehead atoms. The number of rotatable bonds is 2. The first-order valence-electron chi connectivity index (χ1n) is 9.73. The first kappa shape index (κ1) is 17.4. The van der Waals surface area contributed by atoms with E-state index in [-0.39, 0.29) is 23.9 Å². The predicted molar refractivity (Wildman–Crippen MR) is 104 cm³/mol. The van der Waals surface area contributed by atoms with Crippen LogP contribution in [0.25, 0.3) is 22.7 Å². The third-order valence-corrected chi connectivity index (χ3v) is 6.50. The van der Waals surface area contributed by atoms with Gasteiger partial charge in [0.25, 0.3) is 0 Å². The van der Waals surface area contributed by atoms with Gasteiger partial charge < -0.3 is 24.1 Å². The molecule has 4 atom stereocenters. The number of benzene rings is 1. The number of hydrogen-bond donors (Lipinski definition) is 1. The molecular formula is C22H24N2O4. The van der Waals surface area contributed by atoms with Crippen molar-refractivity contribution in [2.75, 3.05) is 27.3 Å². The average Bonchev–Trinajstić information content (AvgIpc) is 3.10. The summed E-state index contributed by atoms with van der Waals surface area (Å²) in [6.45, 7) is 3.95. The van der Waals surface area contributed by atoms with Crippen LogP contribution in [0.5, 0.6) is 5.75 Å². The molecule has 2 aromatic rings. The Kier molecular flexibility index (Phi) is 3.98. The molecule has 1 aromatic heterocycles. The molecule has 0 radical (unpaired) electrons. The Balaban J connectivity index is 1.65. The lowest BCUT2D eigenvalue weighted by Crippen LogP contribution is -3.13. The minimum absolute atomic E-state index is 0.0878. The highest BCUT2D eigenvalue weighted by Crippen LogP contribution is 2.36. The maximum atomic E-state index is 12.3. The van der Waals surface area contributed by atoms with Gasteiger partial charge >= 0.3 is 5.97 Å². The third-order valence-electron chi connectivity index (χ3n) is 6.50. The molecule has 0 amide bonds. The number of fused-ring (bicyclic) bond motifs is 5. The summed E-state index contributed by atoms with van der Waals surface area (Å²) in [5.41, 5.74) is 2.89. The van der Waals surface area contributed by atoms with E-state index in [2.05, 4.69) is 19.1 Å². The Bertz CT molecular complexity index is 1110. The Morgan fingerprint density at radius 2 is 2.18 bits per heavy atom. The van der Waals surface area contributed by atoms with Crippen molar-refractivity contribution in [3.8, 4) is 5.75 Å². The lowest BCUT2D eigenvalue weighted by atomic mass is 9.75. The van der Waals surface area contributed by atoms with Gasteiger partial charge in [-0.15, -0.1) is 5.52 Å². The highest BCUT2D eigenvalue weighted by Gasteiger charge is 2.45. The highest BCUT2D eigenvalue weighted by atomic mass is 16.5. The summed E-state index contributed by atoms with van der Waals surface area (Å²) in [7, 11) is 3.10. The predicted octanol–water partition coefficient (Wildman–Crippen LogP) is -0.295. The smallest absolute Gasteiger partial charge is 0.337 e. The van der Waals surface area contributed by atoms with Gasteiger partial charge in [0, 0.05) is 12.3 Å². The number of nitrogens with one attached hydrogen (secondary N) is 1. The van der Waals surface area contributed by atoms with E-state index in [9.17, 15) is 4.79 Å². The number of quaternary nitrogens is 1. The molecule has 5 rings (SSSR count). The van der Waals surface area contributed by atoms with Crippen LogP contribution >= 0.6 is 0 Å². The van der Waals surface area contributed by atoms with Crippen molar-refractivity contribution in [2.24, 2.45) is 11.8 Å². The van der Waals surface area contributed by atoms with Gasteiger partial charge in [0.05, 0.1) is 44.2 Å². The molecule has 0 spiro atoms. The van der Waals surface area contributed by atoms with Crippen molar-refractivity contribution < 1.29 is 23.9 Å². The fourth-order valence-corrected chi connectivity index (χ4v) is 4.99. The number of ether oxygens (including phenoxy) is 3. The Labute approximate surface area is 163 Å².